The van der Waals surface area contributed by atoms with Gasteiger partial charge in [0.1, 0.15) is 18.3 Å². The Morgan fingerprint density at radius 3 is 1.81 bits per heavy atom. The van der Waals surface area contributed by atoms with Gasteiger partial charge in [0.05, 0.1) is 0 Å². The summed E-state index contributed by atoms with van der Waals surface area (Å²) in [5, 5.41) is 43.2. The summed E-state index contributed by atoms with van der Waals surface area (Å²) in [4.78, 5) is 27.7. The predicted molar refractivity (Wildman–Crippen MR) is 54.4 cm³/mol. The molecular formula is C7H16O8Si. The molecular weight excluding hydrogens is 240 g/mol. The lowest BCUT2D eigenvalue weighted by atomic mass is 10.0. The molecule has 0 saturated carbocycles. The van der Waals surface area contributed by atoms with Crippen LogP contribution in [0.15, 0.2) is 0 Å². The van der Waals surface area contributed by atoms with Crippen LogP contribution in [-0.4, -0.2) is 76.8 Å². The van der Waals surface area contributed by atoms with E-state index in [9.17, 15) is 9.59 Å². The van der Waals surface area contributed by atoms with Crippen molar-refractivity contribution in [2.45, 2.75) is 31.0 Å². The van der Waals surface area contributed by atoms with Gasteiger partial charge in [-0.2, -0.15) is 0 Å². The van der Waals surface area contributed by atoms with Crippen LogP contribution in [0.3, 0.4) is 0 Å². The van der Waals surface area contributed by atoms with E-state index in [0.717, 1.165) is 0 Å². The monoisotopic (exact) mass is 256 g/mol. The van der Waals surface area contributed by atoms with Crippen molar-refractivity contribution in [3.05, 3.63) is 0 Å². The van der Waals surface area contributed by atoms with Crippen LogP contribution in [0.5, 0.6) is 0 Å². The number of hydrogen-bond donors (Lipinski definition) is 6. The summed E-state index contributed by atoms with van der Waals surface area (Å²) in [5.41, 5.74) is 0. The molecule has 0 aromatic heterocycles. The molecule has 0 aliphatic carbocycles. The van der Waals surface area contributed by atoms with E-state index in [-0.39, 0.29) is 6.29 Å². The highest BCUT2D eigenvalue weighted by Gasteiger charge is 2.33. The summed E-state index contributed by atoms with van der Waals surface area (Å²) in [5.74, 6) is -1.76. The van der Waals surface area contributed by atoms with Crippen molar-refractivity contribution in [3.8, 4) is 0 Å². The van der Waals surface area contributed by atoms with Crippen molar-refractivity contribution in [1.82, 2.24) is 0 Å². The van der Waals surface area contributed by atoms with Gasteiger partial charge in [-0.05, 0) is 0 Å². The van der Waals surface area contributed by atoms with Gasteiger partial charge in [0, 0.05) is 0 Å². The minimum Gasteiger partial charge on any atom is -0.479 e. The third kappa shape index (κ3) is 6.61. The zero-order valence-corrected chi connectivity index (χ0v) is 10.0. The largest absolute Gasteiger partial charge is 0.479 e. The van der Waals surface area contributed by atoms with Gasteiger partial charge in [-0.25, -0.2) is 4.79 Å². The maximum Gasteiger partial charge on any atom is 0.335 e. The number of carboxylic acid groups (broad SMARTS) is 1. The average Bonchev–Trinajstić information content (AvgIpc) is 2.25. The SMILES string of the molecule is C[SiH2]O.O=C[C@@H](O)[C@@H](O)[C@H](O)[C@H](O)C(=O)O. The molecule has 0 aliphatic heterocycles. The molecule has 16 heavy (non-hydrogen) atoms. The van der Waals surface area contributed by atoms with Crippen LogP contribution in [0.25, 0.3) is 0 Å². The van der Waals surface area contributed by atoms with Crippen molar-refractivity contribution in [2.24, 2.45) is 0 Å². The van der Waals surface area contributed by atoms with Gasteiger partial charge >= 0.3 is 5.97 Å². The Morgan fingerprint density at radius 2 is 1.56 bits per heavy atom. The smallest absolute Gasteiger partial charge is 0.335 e. The number of aliphatic hydroxyl groups is 4. The Hall–Kier alpha value is -0.843. The standard InChI is InChI=1S/C6H10O7.CH6OSi/c7-1-2(8)3(9)4(10)5(11)6(12)13;1-3-2/h1-5,8-11H,(H,12,13);2H,3H2,1H3/t2-,3-,4+,5+;/m1./s1. The molecule has 6 N–H and O–H groups in total. The Bertz CT molecular complexity index is 211. The van der Waals surface area contributed by atoms with Crippen LogP contribution in [0, 0.1) is 0 Å². The van der Waals surface area contributed by atoms with Gasteiger partial charge in [-0.15, -0.1) is 0 Å². The lowest BCUT2D eigenvalue weighted by Crippen LogP contribution is -2.48. The number of hydrogen-bond acceptors (Lipinski definition) is 7. The quantitative estimate of drug-likeness (QED) is 0.214. The van der Waals surface area contributed by atoms with Crippen molar-refractivity contribution in [1.29, 1.82) is 0 Å². The lowest BCUT2D eigenvalue weighted by Gasteiger charge is -2.21. The first kappa shape index (κ1) is 17.5. The van der Waals surface area contributed by atoms with E-state index in [4.69, 9.17) is 30.3 Å². The summed E-state index contributed by atoms with van der Waals surface area (Å²) < 4.78 is 0. The van der Waals surface area contributed by atoms with Gasteiger partial charge in [0.2, 0.25) is 0 Å². The molecule has 96 valence electrons. The summed E-state index contributed by atoms with van der Waals surface area (Å²) in [6, 6.07) is 0. The first-order chi connectivity index (χ1) is 7.33. The fourth-order valence-electron chi connectivity index (χ4n) is 0.615. The number of carbonyl (C=O) groups excluding carboxylic acids is 1. The highest BCUT2D eigenvalue weighted by molar-refractivity contribution is 6.22. The van der Waals surface area contributed by atoms with E-state index in [1.54, 1.807) is 0 Å². The second-order valence-electron chi connectivity index (χ2n) is 2.71. The van der Waals surface area contributed by atoms with Gasteiger partial charge in [0.25, 0.3) is 0 Å². The molecule has 0 saturated heterocycles. The minimum atomic E-state index is -2.25. The van der Waals surface area contributed by atoms with Crippen molar-refractivity contribution in [3.63, 3.8) is 0 Å². The van der Waals surface area contributed by atoms with Gasteiger partial charge < -0.3 is 35.1 Å². The molecule has 0 heterocycles. The maximum absolute atomic E-state index is 10.1. The third-order valence-corrected chi connectivity index (χ3v) is 1.42. The Balaban J connectivity index is 0. The molecule has 0 spiro atoms. The van der Waals surface area contributed by atoms with E-state index >= 15 is 0 Å². The van der Waals surface area contributed by atoms with Crippen LogP contribution in [0.4, 0.5) is 0 Å². The van der Waals surface area contributed by atoms with Crippen molar-refractivity contribution in [2.75, 3.05) is 0 Å². The van der Waals surface area contributed by atoms with E-state index in [0.29, 0.717) is 0 Å². The predicted octanol–water partition coefficient (Wildman–Crippen LogP) is -4.18. The summed E-state index contributed by atoms with van der Waals surface area (Å²) in [6.07, 6.45) is -8.39. The van der Waals surface area contributed by atoms with Crippen LogP contribution < -0.4 is 0 Å². The molecule has 8 nitrogen and oxygen atoms in total. The molecule has 0 aliphatic rings. The van der Waals surface area contributed by atoms with Gasteiger partial charge in [-0.3, -0.25) is 0 Å². The zero-order valence-electron chi connectivity index (χ0n) is 8.59. The molecule has 0 aromatic rings. The molecule has 0 unspecified atom stereocenters. The van der Waals surface area contributed by atoms with E-state index < -0.39 is 40.1 Å². The molecule has 0 rings (SSSR count). The first-order valence-electron chi connectivity index (χ1n) is 4.34. The highest BCUT2D eigenvalue weighted by atomic mass is 28.2. The number of rotatable bonds is 5. The van der Waals surface area contributed by atoms with Crippen LogP contribution in [0.1, 0.15) is 0 Å². The highest BCUT2D eigenvalue weighted by Crippen LogP contribution is 2.03. The average molecular weight is 256 g/mol. The topological polar surface area (TPSA) is 156 Å². The number of aliphatic hydroxyl groups excluding tert-OH is 4. The lowest BCUT2D eigenvalue weighted by molar-refractivity contribution is -0.163. The van der Waals surface area contributed by atoms with E-state index in [1.165, 1.54) is 0 Å². The summed E-state index contributed by atoms with van der Waals surface area (Å²) in [7, 11) is -0.583. The van der Waals surface area contributed by atoms with E-state index in [1.807, 2.05) is 6.55 Å². The molecule has 0 aromatic carbocycles. The Kier molecular flexibility index (Phi) is 10.3. The van der Waals surface area contributed by atoms with E-state index in [2.05, 4.69) is 0 Å². The second-order valence-corrected chi connectivity index (χ2v) is 3.34. The van der Waals surface area contributed by atoms with Crippen LogP contribution in [-0.2, 0) is 9.59 Å². The van der Waals surface area contributed by atoms with Gasteiger partial charge in [0.15, 0.2) is 22.2 Å². The van der Waals surface area contributed by atoms with Gasteiger partial charge in [-0.1, -0.05) is 6.55 Å². The molecule has 4 atom stereocenters. The second kappa shape index (κ2) is 9.39. The zero-order chi connectivity index (χ0) is 13.3. The third-order valence-electron chi connectivity index (χ3n) is 1.42. The molecule has 0 amide bonds. The number of aldehydes is 1. The minimum absolute atomic E-state index is 0.0809. The fourth-order valence-corrected chi connectivity index (χ4v) is 0.615. The number of carbonyl (C=O) groups is 2. The molecule has 9 heteroatoms. The summed E-state index contributed by atoms with van der Waals surface area (Å²) >= 11 is 0. The Labute approximate surface area is 93.7 Å². The normalized spacial score (nSPS) is 18.1. The first-order valence-corrected chi connectivity index (χ1v) is 6.39. The molecule has 0 radical (unpaired) electrons. The number of carboxylic acids is 1. The van der Waals surface area contributed by atoms with Crippen molar-refractivity contribution < 1.29 is 39.9 Å². The van der Waals surface area contributed by atoms with Crippen LogP contribution in [0.2, 0.25) is 6.55 Å². The summed E-state index contributed by atoms with van der Waals surface area (Å²) in [6.45, 7) is 1.82. The maximum atomic E-state index is 10.1. The fraction of sp³-hybridized carbons (Fsp3) is 0.714. The molecule has 0 fully saturated rings. The molecule has 0 bridgehead atoms. The Morgan fingerprint density at radius 1 is 1.19 bits per heavy atom. The van der Waals surface area contributed by atoms with Crippen LogP contribution >= 0.6 is 0 Å². The number of aliphatic carboxylic acids is 1. The van der Waals surface area contributed by atoms with Crippen molar-refractivity contribution >= 4 is 22.0 Å².